The molecule has 0 spiro atoms. The molecular weight excluding hydrogens is 225 g/mol. The molecule has 1 saturated carbocycles. The first-order valence-corrected chi connectivity index (χ1v) is 5.02. The second-order valence-corrected chi connectivity index (χ2v) is 4.06. The van der Waals surface area contributed by atoms with Gasteiger partial charge in [-0.25, -0.2) is 0 Å². The van der Waals surface area contributed by atoms with Crippen LogP contribution in [0.2, 0.25) is 0 Å². The van der Waals surface area contributed by atoms with Crippen molar-refractivity contribution in [2.45, 2.75) is 37.6 Å². The molecule has 1 fully saturated rings. The number of halogens is 3. The van der Waals surface area contributed by atoms with E-state index in [1.807, 2.05) is 0 Å². The van der Waals surface area contributed by atoms with Crippen LogP contribution >= 0.6 is 0 Å². The normalized spacial score (nSPS) is 34.6. The molecule has 0 aromatic carbocycles. The standard InChI is InChI=1S/C9H11F3N2O2/c10-9(11,12)8(16)6-3-1-2-4-7(6)13-14(8)5-15/h5-6,16H,1-4H2/t6-,8-/m1/s1. The molecule has 0 radical (unpaired) electrons. The highest BCUT2D eigenvalue weighted by molar-refractivity contribution is 5.91. The van der Waals surface area contributed by atoms with Gasteiger partial charge >= 0.3 is 6.18 Å². The van der Waals surface area contributed by atoms with Gasteiger partial charge < -0.3 is 5.11 Å². The second-order valence-electron chi connectivity index (χ2n) is 4.06. The molecule has 1 amide bonds. The molecule has 1 N–H and O–H groups in total. The Morgan fingerprint density at radius 1 is 1.50 bits per heavy atom. The van der Waals surface area contributed by atoms with E-state index in [1.165, 1.54) is 0 Å². The van der Waals surface area contributed by atoms with Crippen molar-refractivity contribution in [2.24, 2.45) is 11.0 Å². The summed E-state index contributed by atoms with van der Waals surface area (Å²) in [6.07, 6.45) is -2.99. The summed E-state index contributed by atoms with van der Waals surface area (Å²) in [7, 11) is 0. The summed E-state index contributed by atoms with van der Waals surface area (Å²) < 4.78 is 38.5. The fourth-order valence-corrected chi connectivity index (χ4v) is 2.35. The van der Waals surface area contributed by atoms with Crippen LogP contribution < -0.4 is 0 Å². The molecule has 1 heterocycles. The van der Waals surface area contributed by atoms with Crippen LogP contribution in [0.25, 0.3) is 0 Å². The van der Waals surface area contributed by atoms with Crippen LogP contribution in [0.15, 0.2) is 5.10 Å². The van der Waals surface area contributed by atoms with Gasteiger partial charge in [-0.1, -0.05) is 6.42 Å². The van der Waals surface area contributed by atoms with Gasteiger partial charge in [0.2, 0.25) is 6.41 Å². The van der Waals surface area contributed by atoms with Crippen molar-refractivity contribution in [3.63, 3.8) is 0 Å². The molecule has 90 valence electrons. The Morgan fingerprint density at radius 3 is 2.75 bits per heavy atom. The van der Waals surface area contributed by atoms with Crippen molar-refractivity contribution in [1.82, 2.24) is 5.01 Å². The summed E-state index contributed by atoms with van der Waals surface area (Å²) in [5.41, 5.74) is -2.87. The van der Waals surface area contributed by atoms with Crippen molar-refractivity contribution in [2.75, 3.05) is 0 Å². The van der Waals surface area contributed by atoms with Crippen LogP contribution in [-0.4, -0.2) is 34.1 Å². The Kier molecular flexibility index (Phi) is 2.45. The molecule has 0 unspecified atom stereocenters. The zero-order chi connectivity index (χ0) is 12.0. The third-order valence-electron chi connectivity index (χ3n) is 3.17. The summed E-state index contributed by atoms with van der Waals surface area (Å²) in [5.74, 6) is -1.11. The number of hydrogen-bond donors (Lipinski definition) is 1. The maximum atomic E-state index is 12.8. The van der Waals surface area contributed by atoms with E-state index in [4.69, 9.17) is 0 Å². The highest BCUT2D eigenvalue weighted by atomic mass is 19.4. The Hall–Kier alpha value is -1.11. The zero-order valence-electron chi connectivity index (χ0n) is 8.37. The number of nitrogens with zero attached hydrogens (tertiary/aromatic N) is 2. The second kappa shape index (κ2) is 3.44. The average Bonchev–Trinajstić information content (AvgIpc) is 2.53. The fourth-order valence-electron chi connectivity index (χ4n) is 2.35. The lowest BCUT2D eigenvalue weighted by Crippen LogP contribution is -2.59. The summed E-state index contributed by atoms with van der Waals surface area (Å²) in [6, 6.07) is 0. The van der Waals surface area contributed by atoms with E-state index in [9.17, 15) is 23.1 Å². The van der Waals surface area contributed by atoms with Crippen molar-refractivity contribution in [3.05, 3.63) is 0 Å². The molecule has 0 saturated heterocycles. The Bertz CT molecular complexity index is 342. The van der Waals surface area contributed by atoms with Crippen molar-refractivity contribution in [3.8, 4) is 0 Å². The number of carbonyl (C=O) groups excluding carboxylic acids is 1. The molecular formula is C9H11F3N2O2. The van der Waals surface area contributed by atoms with Crippen LogP contribution in [0.1, 0.15) is 25.7 Å². The molecule has 4 nitrogen and oxygen atoms in total. The van der Waals surface area contributed by atoms with Crippen LogP contribution in [0.3, 0.4) is 0 Å². The van der Waals surface area contributed by atoms with Crippen molar-refractivity contribution < 1.29 is 23.1 Å². The number of carbonyl (C=O) groups is 1. The van der Waals surface area contributed by atoms with E-state index in [2.05, 4.69) is 5.10 Å². The lowest BCUT2D eigenvalue weighted by Gasteiger charge is -2.36. The van der Waals surface area contributed by atoms with Gasteiger partial charge in [0.25, 0.3) is 5.72 Å². The minimum absolute atomic E-state index is 0.0706. The van der Waals surface area contributed by atoms with Gasteiger partial charge in [-0.2, -0.15) is 23.3 Å². The van der Waals surface area contributed by atoms with Gasteiger partial charge in [0.05, 0.1) is 5.92 Å². The number of hydrazone groups is 1. The molecule has 2 atom stereocenters. The number of alkyl halides is 3. The summed E-state index contributed by atoms with van der Waals surface area (Å²) >= 11 is 0. The Morgan fingerprint density at radius 2 is 2.19 bits per heavy atom. The van der Waals surface area contributed by atoms with Gasteiger partial charge in [-0.05, 0) is 19.3 Å². The third-order valence-corrected chi connectivity index (χ3v) is 3.17. The van der Waals surface area contributed by atoms with E-state index in [1.54, 1.807) is 0 Å². The first kappa shape index (κ1) is 11.4. The topological polar surface area (TPSA) is 52.9 Å². The minimum Gasteiger partial charge on any atom is -0.362 e. The van der Waals surface area contributed by atoms with E-state index in [0.29, 0.717) is 12.8 Å². The predicted molar refractivity (Wildman–Crippen MR) is 48.3 cm³/mol. The average molecular weight is 236 g/mol. The maximum absolute atomic E-state index is 12.8. The smallest absolute Gasteiger partial charge is 0.362 e. The van der Waals surface area contributed by atoms with Crippen LogP contribution in [0.5, 0.6) is 0 Å². The molecule has 7 heteroatoms. The molecule has 2 rings (SSSR count). The minimum atomic E-state index is -4.89. The van der Waals surface area contributed by atoms with Gasteiger partial charge in [-0.15, -0.1) is 0 Å². The number of aliphatic hydroxyl groups is 1. The molecule has 1 aliphatic carbocycles. The van der Waals surface area contributed by atoms with Gasteiger partial charge in [0.15, 0.2) is 0 Å². The summed E-state index contributed by atoms with van der Waals surface area (Å²) in [5, 5.41) is 13.4. The Balaban J connectivity index is 2.41. The van der Waals surface area contributed by atoms with Gasteiger partial charge in [-0.3, -0.25) is 4.79 Å². The van der Waals surface area contributed by atoms with Crippen LogP contribution in [0.4, 0.5) is 13.2 Å². The summed E-state index contributed by atoms with van der Waals surface area (Å²) in [4.78, 5) is 10.6. The number of rotatable bonds is 1. The van der Waals surface area contributed by atoms with E-state index in [0.717, 1.165) is 6.42 Å². The first-order chi connectivity index (χ1) is 7.41. The lowest BCUT2D eigenvalue weighted by molar-refractivity contribution is -0.314. The molecule has 0 aromatic rings. The fraction of sp³-hybridized carbons (Fsp3) is 0.778. The SMILES string of the molecule is O=CN1N=C2CCCC[C@H]2[C@@]1(O)C(F)(F)F. The quantitative estimate of drug-likeness (QED) is 0.697. The lowest BCUT2D eigenvalue weighted by atomic mass is 9.80. The summed E-state index contributed by atoms with van der Waals surface area (Å²) in [6.45, 7) is 0. The Labute approximate surface area is 89.7 Å². The first-order valence-electron chi connectivity index (χ1n) is 5.02. The third kappa shape index (κ3) is 1.34. The van der Waals surface area contributed by atoms with Gasteiger partial charge in [0.1, 0.15) is 0 Å². The molecule has 1 aliphatic heterocycles. The van der Waals surface area contributed by atoms with E-state index >= 15 is 0 Å². The highest BCUT2D eigenvalue weighted by Crippen LogP contribution is 2.47. The van der Waals surface area contributed by atoms with E-state index in [-0.39, 0.29) is 23.6 Å². The molecule has 2 aliphatic rings. The molecule has 0 bridgehead atoms. The highest BCUT2D eigenvalue weighted by Gasteiger charge is 2.67. The largest absolute Gasteiger partial charge is 0.439 e. The number of fused-ring (bicyclic) bond motifs is 1. The number of hydrogen-bond acceptors (Lipinski definition) is 3. The monoisotopic (exact) mass is 236 g/mol. The zero-order valence-corrected chi connectivity index (χ0v) is 8.37. The molecule has 16 heavy (non-hydrogen) atoms. The maximum Gasteiger partial charge on any atom is 0.439 e. The predicted octanol–water partition coefficient (Wildman–Crippen LogP) is 1.26. The van der Waals surface area contributed by atoms with E-state index < -0.39 is 17.8 Å². The van der Waals surface area contributed by atoms with Gasteiger partial charge in [0, 0.05) is 5.71 Å². The van der Waals surface area contributed by atoms with Crippen molar-refractivity contribution in [1.29, 1.82) is 0 Å². The van der Waals surface area contributed by atoms with Crippen LogP contribution in [-0.2, 0) is 4.79 Å². The number of amides is 1. The van der Waals surface area contributed by atoms with Crippen LogP contribution in [0, 0.1) is 5.92 Å². The van der Waals surface area contributed by atoms with Crippen molar-refractivity contribution >= 4 is 12.1 Å². The molecule has 0 aromatic heterocycles.